The first kappa shape index (κ1) is 14.9. The van der Waals surface area contributed by atoms with Gasteiger partial charge in [0.1, 0.15) is 0 Å². The van der Waals surface area contributed by atoms with Crippen LogP contribution in [0.2, 0.25) is 0 Å². The zero-order chi connectivity index (χ0) is 12.0. The van der Waals surface area contributed by atoms with Gasteiger partial charge in [-0.3, -0.25) is 4.90 Å². The van der Waals surface area contributed by atoms with Gasteiger partial charge in [-0.25, -0.2) is 0 Å². The summed E-state index contributed by atoms with van der Waals surface area (Å²) in [6, 6.07) is 0.593. The summed E-state index contributed by atoms with van der Waals surface area (Å²) in [5.41, 5.74) is 6.04. The normalized spacial score (nSPS) is 16.4. The Morgan fingerprint density at radius 2 is 1.73 bits per heavy atom. The van der Waals surface area contributed by atoms with Gasteiger partial charge in [0.25, 0.3) is 0 Å². The first-order valence-electron chi connectivity index (χ1n) is 6.06. The zero-order valence-electron chi connectivity index (χ0n) is 10.9. The van der Waals surface area contributed by atoms with Crippen molar-refractivity contribution in [2.45, 2.75) is 59.2 Å². The van der Waals surface area contributed by atoms with Crippen LogP contribution in [-0.2, 0) is 0 Å². The van der Waals surface area contributed by atoms with E-state index in [-0.39, 0.29) is 18.7 Å². The van der Waals surface area contributed by atoms with E-state index in [1.54, 1.807) is 0 Å². The van der Waals surface area contributed by atoms with Crippen LogP contribution >= 0.6 is 0 Å². The molecule has 0 aliphatic carbocycles. The lowest BCUT2D eigenvalue weighted by atomic mass is 10.0. The van der Waals surface area contributed by atoms with Gasteiger partial charge in [-0.05, 0) is 26.2 Å². The summed E-state index contributed by atoms with van der Waals surface area (Å²) in [4.78, 5) is 2.32. The van der Waals surface area contributed by atoms with Crippen molar-refractivity contribution in [2.75, 3.05) is 13.2 Å². The molecular formula is C12H28N2O. The summed E-state index contributed by atoms with van der Waals surface area (Å²) >= 11 is 0. The monoisotopic (exact) mass is 216 g/mol. The van der Waals surface area contributed by atoms with Crippen molar-refractivity contribution in [3.05, 3.63) is 0 Å². The minimum Gasteiger partial charge on any atom is -0.395 e. The molecule has 3 nitrogen and oxygen atoms in total. The van der Waals surface area contributed by atoms with Crippen LogP contribution in [0, 0.1) is 5.92 Å². The van der Waals surface area contributed by atoms with Crippen LogP contribution in [-0.4, -0.2) is 41.3 Å². The topological polar surface area (TPSA) is 49.5 Å². The SMILES string of the molecule is CCC(N)C(CO)N(CC(C)C)C(C)C. The van der Waals surface area contributed by atoms with Crippen LogP contribution < -0.4 is 5.73 Å². The number of nitrogens with zero attached hydrogens (tertiary/aromatic N) is 1. The molecule has 92 valence electrons. The minimum atomic E-state index is 0.0659. The van der Waals surface area contributed by atoms with Crippen molar-refractivity contribution in [3.8, 4) is 0 Å². The third-order valence-corrected chi connectivity index (χ3v) is 2.82. The first-order chi connectivity index (χ1) is 6.93. The van der Waals surface area contributed by atoms with Gasteiger partial charge in [0.05, 0.1) is 6.61 Å². The highest BCUT2D eigenvalue weighted by Crippen LogP contribution is 2.13. The highest BCUT2D eigenvalue weighted by atomic mass is 16.3. The summed E-state index contributed by atoms with van der Waals surface area (Å²) in [6.45, 7) is 11.9. The van der Waals surface area contributed by atoms with Gasteiger partial charge in [0.15, 0.2) is 0 Å². The van der Waals surface area contributed by atoms with E-state index in [0.717, 1.165) is 13.0 Å². The number of rotatable bonds is 7. The van der Waals surface area contributed by atoms with Crippen LogP contribution in [0.3, 0.4) is 0 Å². The van der Waals surface area contributed by atoms with Crippen LogP contribution in [0.15, 0.2) is 0 Å². The molecule has 0 heterocycles. The molecular weight excluding hydrogens is 188 g/mol. The third kappa shape index (κ3) is 4.96. The Hall–Kier alpha value is -0.120. The molecule has 3 heteroatoms. The molecule has 0 fully saturated rings. The Bertz CT molecular complexity index is 160. The van der Waals surface area contributed by atoms with E-state index in [9.17, 15) is 5.11 Å². The van der Waals surface area contributed by atoms with Gasteiger partial charge in [-0.1, -0.05) is 20.8 Å². The number of aliphatic hydroxyl groups excluding tert-OH is 1. The van der Waals surface area contributed by atoms with E-state index in [0.29, 0.717) is 12.0 Å². The molecule has 0 amide bonds. The molecule has 0 aromatic heterocycles. The zero-order valence-corrected chi connectivity index (χ0v) is 10.9. The molecule has 0 saturated carbocycles. The fourth-order valence-corrected chi connectivity index (χ4v) is 1.91. The molecule has 15 heavy (non-hydrogen) atoms. The van der Waals surface area contributed by atoms with Crippen molar-refractivity contribution in [3.63, 3.8) is 0 Å². The molecule has 0 bridgehead atoms. The third-order valence-electron chi connectivity index (χ3n) is 2.82. The Morgan fingerprint density at radius 3 is 2.00 bits per heavy atom. The summed E-state index contributed by atoms with van der Waals surface area (Å²) < 4.78 is 0. The van der Waals surface area contributed by atoms with E-state index >= 15 is 0 Å². The van der Waals surface area contributed by atoms with Gasteiger partial charge in [0, 0.05) is 24.7 Å². The summed E-state index contributed by atoms with van der Waals surface area (Å²) in [5, 5.41) is 9.44. The van der Waals surface area contributed by atoms with Crippen molar-refractivity contribution >= 4 is 0 Å². The van der Waals surface area contributed by atoms with Crippen molar-refractivity contribution in [1.82, 2.24) is 4.90 Å². The van der Waals surface area contributed by atoms with E-state index in [4.69, 9.17) is 5.73 Å². The van der Waals surface area contributed by atoms with Gasteiger partial charge in [-0.2, -0.15) is 0 Å². The van der Waals surface area contributed by atoms with Crippen molar-refractivity contribution in [2.24, 2.45) is 11.7 Å². The standard InChI is InChI=1S/C12H28N2O/c1-6-11(13)12(8-15)14(10(4)5)7-9(2)3/h9-12,15H,6-8,13H2,1-5H3. The Balaban J connectivity index is 4.54. The first-order valence-corrected chi connectivity index (χ1v) is 6.06. The van der Waals surface area contributed by atoms with Gasteiger partial charge in [0.2, 0.25) is 0 Å². The molecule has 0 radical (unpaired) electrons. The largest absolute Gasteiger partial charge is 0.395 e. The Labute approximate surface area is 94.6 Å². The van der Waals surface area contributed by atoms with Gasteiger partial charge in [-0.15, -0.1) is 0 Å². The lowest BCUT2D eigenvalue weighted by molar-refractivity contribution is 0.0673. The average molecular weight is 216 g/mol. The Kier molecular flexibility index (Phi) is 7.14. The number of nitrogens with two attached hydrogens (primary N) is 1. The maximum Gasteiger partial charge on any atom is 0.0602 e. The van der Waals surface area contributed by atoms with E-state index < -0.39 is 0 Å². The molecule has 0 aromatic carbocycles. The molecule has 2 atom stereocenters. The molecule has 0 aliphatic rings. The lowest BCUT2D eigenvalue weighted by Crippen LogP contribution is -2.53. The van der Waals surface area contributed by atoms with Crippen molar-refractivity contribution in [1.29, 1.82) is 0 Å². The molecule has 0 saturated heterocycles. The van der Waals surface area contributed by atoms with Gasteiger partial charge < -0.3 is 10.8 Å². The summed E-state index contributed by atoms with van der Waals surface area (Å²) in [7, 11) is 0. The van der Waals surface area contributed by atoms with E-state index in [1.807, 2.05) is 0 Å². The van der Waals surface area contributed by atoms with Crippen LogP contribution in [0.25, 0.3) is 0 Å². The molecule has 3 N–H and O–H groups in total. The fourth-order valence-electron chi connectivity index (χ4n) is 1.91. The molecule has 0 spiro atoms. The maximum absolute atomic E-state index is 9.44. The highest BCUT2D eigenvalue weighted by Gasteiger charge is 2.25. The van der Waals surface area contributed by atoms with Crippen LogP contribution in [0.4, 0.5) is 0 Å². The summed E-state index contributed by atoms with van der Waals surface area (Å²) in [5.74, 6) is 0.602. The number of hydrogen-bond acceptors (Lipinski definition) is 3. The van der Waals surface area contributed by atoms with Crippen LogP contribution in [0.5, 0.6) is 0 Å². The van der Waals surface area contributed by atoms with E-state index in [1.165, 1.54) is 0 Å². The second kappa shape index (κ2) is 7.20. The van der Waals surface area contributed by atoms with Crippen molar-refractivity contribution < 1.29 is 5.11 Å². The average Bonchev–Trinajstić information content (AvgIpc) is 2.16. The number of hydrogen-bond donors (Lipinski definition) is 2. The molecule has 0 aliphatic heterocycles. The van der Waals surface area contributed by atoms with Crippen LogP contribution in [0.1, 0.15) is 41.0 Å². The lowest BCUT2D eigenvalue weighted by Gasteiger charge is -2.38. The molecule has 0 rings (SSSR count). The Morgan fingerprint density at radius 1 is 1.20 bits per heavy atom. The predicted octanol–water partition coefficient (Wildman–Crippen LogP) is 1.45. The smallest absolute Gasteiger partial charge is 0.0602 e. The van der Waals surface area contributed by atoms with Gasteiger partial charge >= 0.3 is 0 Å². The fraction of sp³-hybridized carbons (Fsp3) is 1.00. The molecule has 0 aromatic rings. The summed E-state index contributed by atoms with van der Waals surface area (Å²) in [6.07, 6.45) is 0.909. The maximum atomic E-state index is 9.44. The minimum absolute atomic E-state index is 0.0659. The van der Waals surface area contributed by atoms with E-state index in [2.05, 4.69) is 39.5 Å². The second-order valence-electron chi connectivity index (χ2n) is 5.01. The quantitative estimate of drug-likeness (QED) is 0.677. The predicted molar refractivity (Wildman–Crippen MR) is 65.8 cm³/mol. The second-order valence-corrected chi connectivity index (χ2v) is 5.01. The highest BCUT2D eigenvalue weighted by molar-refractivity contribution is 4.83. The number of aliphatic hydroxyl groups is 1. The molecule has 2 unspecified atom stereocenters.